The van der Waals surface area contributed by atoms with Gasteiger partial charge in [0.2, 0.25) is 0 Å². The van der Waals surface area contributed by atoms with E-state index in [1.165, 1.54) is 0 Å². The Bertz CT molecular complexity index is 875. The van der Waals surface area contributed by atoms with Gasteiger partial charge in [0, 0.05) is 23.6 Å². The van der Waals surface area contributed by atoms with Crippen molar-refractivity contribution >= 4 is 17.5 Å². The molecule has 2 atom stereocenters. The van der Waals surface area contributed by atoms with Crippen molar-refractivity contribution in [2.24, 2.45) is 0 Å². The van der Waals surface area contributed by atoms with E-state index in [-0.39, 0.29) is 36.0 Å². The Balaban J connectivity index is 2.26. The normalized spacial score (nSPS) is 23.2. The Kier molecular flexibility index (Phi) is 5.32. The van der Waals surface area contributed by atoms with Crippen LogP contribution in [0.15, 0.2) is 29.3 Å². The number of rotatable bonds is 2. The molecule has 1 aromatic carbocycles. The van der Waals surface area contributed by atoms with Crippen LogP contribution in [0.3, 0.4) is 0 Å². The highest BCUT2D eigenvalue weighted by atomic mass is 16.5. The summed E-state index contributed by atoms with van der Waals surface area (Å²) in [6.07, 6.45) is -0.150. The zero-order chi connectivity index (χ0) is 20.8. The van der Waals surface area contributed by atoms with Gasteiger partial charge in [0.05, 0.1) is 13.0 Å². The van der Waals surface area contributed by atoms with E-state index >= 15 is 0 Å². The molecule has 28 heavy (non-hydrogen) atoms. The third kappa shape index (κ3) is 3.44. The standard InChI is InChI=1S/C23H29NO4/c1-7-28-22(27)21-20-15-9-8-14(23(3,4)5)10-16(15)17(25)11-18(26)19(20)13(2)12-24(21)6/h8-10,20-21H,7,11-12H2,1-6H3. The summed E-state index contributed by atoms with van der Waals surface area (Å²) in [5, 5.41) is 0. The zero-order valence-corrected chi connectivity index (χ0v) is 17.6. The minimum absolute atomic E-state index is 0.121. The number of carbonyl (C=O) groups excluding carboxylic acids is 3. The maximum atomic E-state index is 13.0. The molecule has 5 nitrogen and oxygen atoms in total. The molecule has 2 aliphatic rings. The van der Waals surface area contributed by atoms with Crippen LogP contribution in [0.5, 0.6) is 0 Å². The van der Waals surface area contributed by atoms with Crippen molar-refractivity contribution < 1.29 is 19.1 Å². The number of hydrogen-bond donors (Lipinski definition) is 0. The second-order valence-corrected chi connectivity index (χ2v) is 8.86. The molecular formula is C23H29NO4. The van der Waals surface area contributed by atoms with Crippen LogP contribution in [-0.2, 0) is 19.7 Å². The smallest absolute Gasteiger partial charge is 0.324 e. The van der Waals surface area contributed by atoms with Gasteiger partial charge in [-0.2, -0.15) is 0 Å². The summed E-state index contributed by atoms with van der Waals surface area (Å²) in [6, 6.07) is 5.22. The van der Waals surface area contributed by atoms with E-state index in [0.717, 1.165) is 16.7 Å². The Labute approximate surface area is 166 Å². The molecule has 1 aliphatic carbocycles. The van der Waals surface area contributed by atoms with Gasteiger partial charge in [-0.25, -0.2) is 0 Å². The van der Waals surface area contributed by atoms with E-state index in [1.807, 2.05) is 37.1 Å². The van der Waals surface area contributed by atoms with Gasteiger partial charge in [-0.05, 0) is 43.5 Å². The molecular weight excluding hydrogens is 354 g/mol. The lowest BCUT2D eigenvalue weighted by atomic mass is 9.76. The number of ether oxygens (including phenoxy) is 1. The summed E-state index contributed by atoms with van der Waals surface area (Å²) in [6.45, 7) is 10.7. The molecule has 0 spiro atoms. The molecule has 0 radical (unpaired) electrons. The Morgan fingerprint density at radius 1 is 1.21 bits per heavy atom. The molecule has 1 aromatic rings. The summed E-state index contributed by atoms with van der Waals surface area (Å²) in [5.41, 5.74) is 3.74. The van der Waals surface area contributed by atoms with Gasteiger partial charge >= 0.3 is 5.97 Å². The van der Waals surface area contributed by atoms with Gasteiger partial charge in [0.1, 0.15) is 6.04 Å². The van der Waals surface area contributed by atoms with Crippen LogP contribution in [0, 0.1) is 0 Å². The minimum Gasteiger partial charge on any atom is -0.465 e. The maximum absolute atomic E-state index is 13.0. The van der Waals surface area contributed by atoms with Crippen LogP contribution in [0.4, 0.5) is 0 Å². The van der Waals surface area contributed by atoms with Crippen LogP contribution < -0.4 is 0 Å². The fourth-order valence-corrected chi connectivity index (χ4v) is 4.39. The molecule has 5 heteroatoms. The number of fused-ring (bicyclic) bond motifs is 3. The van der Waals surface area contributed by atoms with Gasteiger partial charge < -0.3 is 4.74 Å². The predicted molar refractivity (Wildman–Crippen MR) is 108 cm³/mol. The second-order valence-electron chi connectivity index (χ2n) is 8.86. The van der Waals surface area contributed by atoms with Crippen LogP contribution in [0.1, 0.15) is 68.4 Å². The van der Waals surface area contributed by atoms with Crippen molar-refractivity contribution in [2.45, 2.75) is 58.4 Å². The molecule has 0 bridgehead atoms. The van der Waals surface area contributed by atoms with E-state index in [1.54, 1.807) is 6.92 Å². The van der Waals surface area contributed by atoms with Gasteiger partial charge in [-0.15, -0.1) is 0 Å². The van der Waals surface area contributed by atoms with Crippen LogP contribution >= 0.6 is 0 Å². The van der Waals surface area contributed by atoms with Crippen molar-refractivity contribution in [1.82, 2.24) is 4.90 Å². The van der Waals surface area contributed by atoms with Gasteiger partial charge in [0.25, 0.3) is 0 Å². The van der Waals surface area contributed by atoms with Crippen LogP contribution in [-0.4, -0.2) is 48.7 Å². The molecule has 1 heterocycles. The molecule has 0 saturated heterocycles. The van der Waals surface area contributed by atoms with Crippen molar-refractivity contribution in [1.29, 1.82) is 0 Å². The first kappa shape index (κ1) is 20.5. The topological polar surface area (TPSA) is 63.7 Å². The third-order valence-corrected chi connectivity index (χ3v) is 5.75. The fraction of sp³-hybridized carbons (Fsp3) is 0.522. The number of Topliss-reactive ketones (excluding diaryl/α,β-unsaturated/α-hetero) is 2. The first-order valence-corrected chi connectivity index (χ1v) is 9.83. The fourth-order valence-electron chi connectivity index (χ4n) is 4.39. The summed E-state index contributed by atoms with van der Waals surface area (Å²) in [5.74, 6) is -1.19. The average molecular weight is 383 g/mol. The first-order chi connectivity index (χ1) is 13.1. The van der Waals surface area contributed by atoms with Gasteiger partial charge in [0.15, 0.2) is 11.6 Å². The van der Waals surface area contributed by atoms with Crippen molar-refractivity contribution in [3.63, 3.8) is 0 Å². The Morgan fingerprint density at radius 2 is 1.89 bits per heavy atom. The summed E-state index contributed by atoms with van der Waals surface area (Å²) in [4.78, 5) is 40.7. The van der Waals surface area contributed by atoms with E-state index in [9.17, 15) is 14.4 Å². The summed E-state index contributed by atoms with van der Waals surface area (Å²) < 4.78 is 5.33. The lowest BCUT2D eigenvalue weighted by Crippen LogP contribution is -2.49. The lowest BCUT2D eigenvalue weighted by molar-refractivity contribution is -0.149. The van der Waals surface area contributed by atoms with E-state index in [4.69, 9.17) is 4.74 Å². The number of ketones is 2. The number of hydrogen-bond acceptors (Lipinski definition) is 5. The van der Waals surface area contributed by atoms with Gasteiger partial charge in [-0.1, -0.05) is 38.5 Å². The van der Waals surface area contributed by atoms with E-state index in [0.29, 0.717) is 17.7 Å². The van der Waals surface area contributed by atoms with E-state index < -0.39 is 12.0 Å². The highest BCUT2D eigenvalue weighted by Crippen LogP contribution is 2.43. The predicted octanol–water partition coefficient (Wildman–Crippen LogP) is 3.42. The maximum Gasteiger partial charge on any atom is 0.324 e. The highest BCUT2D eigenvalue weighted by molar-refractivity contribution is 6.17. The SMILES string of the molecule is CCOC(=O)C1C2C(=C(C)CN1C)C(=O)CC(=O)c1cc(C(C)(C)C)ccc12. The highest BCUT2D eigenvalue weighted by Gasteiger charge is 2.46. The van der Waals surface area contributed by atoms with E-state index in [2.05, 4.69) is 20.8 Å². The van der Waals surface area contributed by atoms with Crippen molar-refractivity contribution in [3.8, 4) is 0 Å². The molecule has 1 aliphatic heterocycles. The zero-order valence-electron chi connectivity index (χ0n) is 17.6. The molecule has 0 aromatic heterocycles. The monoisotopic (exact) mass is 383 g/mol. The lowest BCUT2D eigenvalue weighted by Gasteiger charge is -2.39. The average Bonchev–Trinajstić information content (AvgIpc) is 2.69. The molecule has 0 saturated carbocycles. The second kappa shape index (κ2) is 7.28. The number of esters is 1. The van der Waals surface area contributed by atoms with Gasteiger partial charge in [-0.3, -0.25) is 19.3 Å². The quantitative estimate of drug-likeness (QED) is 0.578. The van der Waals surface area contributed by atoms with Crippen LogP contribution in [0.25, 0.3) is 0 Å². The molecule has 0 fully saturated rings. The largest absolute Gasteiger partial charge is 0.465 e. The number of nitrogens with zero attached hydrogens (tertiary/aromatic N) is 1. The summed E-state index contributed by atoms with van der Waals surface area (Å²) in [7, 11) is 1.86. The molecule has 150 valence electrons. The van der Waals surface area contributed by atoms with Crippen molar-refractivity contribution in [2.75, 3.05) is 20.2 Å². The van der Waals surface area contributed by atoms with Crippen LogP contribution in [0.2, 0.25) is 0 Å². The molecule has 2 unspecified atom stereocenters. The third-order valence-electron chi connectivity index (χ3n) is 5.75. The Morgan fingerprint density at radius 3 is 2.50 bits per heavy atom. The molecule has 0 N–H and O–H groups in total. The Hall–Kier alpha value is -2.27. The first-order valence-electron chi connectivity index (χ1n) is 9.83. The number of benzene rings is 1. The minimum atomic E-state index is -0.618. The molecule has 3 rings (SSSR count). The summed E-state index contributed by atoms with van der Waals surface area (Å²) >= 11 is 0. The molecule has 0 amide bonds. The number of likely N-dealkylation sites (N-methyl/N-ethyl adjacent to an activating group) is 1. The number of carbonyl (C=O) groups is 3. The van der Waals surface area contributed by atoms with Crippen molar-refractivity contribution in [3.05, 3.63) is 46.0 Å².